The summed E-state index contributed by atoms with van der Waals surface area (Å²) in [4.78, 5) is 25.7. The predicted octanol–water partition coefficient (Wildman–Crippen LogP) is 24.3. The molecule has 0 heterocycles. The third kappa shape index (κ3) is 73.5. The van der Waals surface area contributed by atoms with Gasteiger partial charge in [0.15, 0.2) is 0 Å². The van der Waals surface area contributed by atoms with E-state index < -0.39 is 26.6 Å². The molecule has 0 aromatic heterocycles. The van der Waals surface area contributed by atoms with Crippen LogP contribution in [0.3, 0.4) is 0 Å². The molecular formula is C83H143N2O6P. The van der Waals surface area contributed by atoms with Crippen molar-refractivity contribution < 1.29 is 32.9 Å². The van der Waals surface area contributed by atoms with Crippen LogP contribution in [0.1, 0.15) is 309 Å². The van der Waals surface area contributed by atoms with Gasteiger partial charge in [0.25, 0.3) is 7.82 Å². The number of nitrogens with one attached hydrogen (secondary N) is 1. The molecule has 0 saturated carbocycles. The smallest absolute Gasteiger partial charge is 0.268 e. The van der Waals surface area contributed by atoms with E-state index in [-0.39, 0.29) is 12.5 Å². The van der Waals surface area contributed by atoms with E-state index in [2.05, 4.69) is 165 Å². The van der Waals surface area contributed by atoms with E-state index in [0.717, 1.165) is 122 Å². The predicted molar refractivity (Wildman–Crippen MR) is 403 cm³/mol. The molecule has 0 aromatic rings. The van der Waals surface area contributed by atoms with Crippen LogP contribution in [0.5, 0.6) is 0 Å². The van der Waals surface area contributed by atoms with Gasteiger partial charge in [-0.2, -0.15) is 0 Å². The zero-order chi connectivity index (χ0) is 66.9. The summed E-state index contributed by atoms with van der Waals surface area (Å²) in [6.07, 6.45) is 111. The average Bonchev–Trinajstić information content (AvgIpc) is 2.63. The van der Waals surface area contributed by atoms with Gasteiger partial charge in [-0.3, -0.25) is 9.36 Å². The van der Waals surface area contributed by atoms with Gasteiger partial charge >= 0.3 is 0 Å². The number of phosphoric acid groups is 1. The van der Waals surface area contributed by atoms with Gasteiger partial charge in [-0.25, -0.2) is 0 Å². The van der Waals surface area contributed by atoms with Crippen molar-refractivity contribution in [3.05, 3.63) is 158 Å². The number of carbonyl (C=O) groups excluding carboxylic acids is 1. The van der Waals surface area contributed by atoms with Crippen LogP contribution in [0.15, 0.2) is 158 Å². The lowest BCUT2D eigenvalue weighted by atomic mass is 10.0. The van der Waals surface area contributed by atoms with E-state index in [1.807, 2.05) is 27.2 Å². The van der Waals surface area contributed by atoms with Crippen LogP contribution in [0.2, 0.25) is 0 Å². The Morgan fingerprint density at radius 3 is 1.01 bits per heavy atom. The fraction of sp³-hybridized carbons (Fsp3) is 0.675. The molecule has 0 aromatic carbocycles. The Kier molecular flexibility index (Phi) is 68.4. The minimum atomic E-state index is -4.63. The molecule has 3 unspecified atom stereocenters. The van der Waals surface area contributed by atoms with Gasteiger partial charge in [0.1, 0.15) is 13.2 Å². The van der Waals surface area contributed by atoms with Crippen LogP contribution < -0.4 is 10.2 Å². The highest BCUT2D eigenvalue weighted by atomic mass is 31.2. The Morgan fingerprint density at radius 1 is 0.391 bits per heavy atom. The number of rotatable bonds is 68. The molecule has 0 fully saturated rings. The number of likely N-dealkylation sites (N-methyl/N-ethyl adjacent to an activating group) is 1. The number of nitrogens with zero attached hydrogens (tertiary/aromatic N) is 1. The molecule has 9 heteroatoms. The van der Waals surface area contributed by atoms with Crippen molar-refractivity contribution in [1.82, 2.24) is 5.32 Å². The number of aliphatic hydroxyl groups excluding tert-OH is 1. The van der Waals surface area contributed by atoms with Crippen LogP contribution in [-0.4, -0.2) is 68.5 Å². The molecule has 0 rings (SSSR count). The SMILES string of the molecule is CC/C=C\C/C=C\C/C=C\C/C=C\C/C=C\C/C=C\C/C=C\C/C=C\C/C=C\C/C=C\CCCCCCCCCCC(=O)NC(COP(=O)([O-])OCC[N+](C)(C)C)C(O)/C=C/CC/C=C/CC/C=C/CCCCCCCCCCCCCCCCCCCCCCC. The summed E-state index contributed by atoms with van der Waals surface area (Å²) >= 11 is 0. The first-order chi connectivity index (χ1) is 45.0. The Labute approximate surface area is 569 Å². The fourth-order valence-corrected chi connectivity index (χ4v) is 11.1. The molecule has 0 bridgehead atoms. The number of amides is 1. The van der Waals surface area contributed by atoms with E-state index in [1.54, 1.807) is 6.08 Å². The Balaban J connectivity index is 4.18. The van der Waals surface area contributed by atoms with Crippen LogP contribution >= 0.6 is 7.82 Å². The molecule has 0 aliphatic rings. The Bertz CT molecular complexity index is 2060. The average molecular weight is 1300 g/mol. The zero-order valence-corrected chi connectivity index (χ0v) is 61.1. The van der Waals surface area contributed by atoms with Gasteiger partial charge < -0.3 is 28.8 Å². The summed E-state index contributed by atoms with van der Waals surface area (Å²) in [7, 11) is 1.21. The normalized spacial score (nSPS) is 14.5. The van der Waals surface area contributed by atoms with Crippen molar-refractivity contribution in [2.75, 3.05) is 40.9 Å². The number of quaternary nitrogens is 1. The summed E-state index contributed by atoms with van der Waals surface area (Å²) in [6, 6.07) is -0.928. The molecule has 8 nitrogen and oxygen atoms in total. The first-order valence-electron chi connectivity index (χ1n) is 37.8. The highest BCUT2D eigenvalue weighted by Crippen LogP contribution is 2.38. The second kappa shape index (κ2) is 71.4. The molecule has 526 valence electrons. The van der Waals surface area contributed by atoms with Crippen LogP contribution in [0.25, 0.3) is 0 Å². The molecule has 0 aliphatic heterocycles. The van der Waals surface area contributed by atoms with Gasteiger partial charge in [0, 0.05) is 6.42 Å². The first kappa shape index (κ1) is 88.1. The lowest BCUT2D eigenvalue weighted by molar-refractivity contribution is -0.870. The Hall–Kier alpha value is -3.88. The minimum Gasteiger partial charge on any atom is -0.756 e. The van der Waals surface area contributed by atoms with Crippen molar-refractivity contribution >= 4 is 13.7 Å². The van der Waals surface area contributed by atoms with Gasteiger partial charge in [0.05, 0.1) is 39.9 Å². The molecule has 1 amide bonds. The van der Waals surface area contributed by atoms with Crippen LogP contribution in [0.4, 0.5) is 0 Å². The summed E-state index contributed by atoms with van der Waals surface area (Å²) < 4.78 is 23.5. The van der Waals surface area contributed by atoms with E-state index in [4.69, 9.17) is 9.05 Å². The number of allylic oxidation sites excluding steroid dienone is 25. The molecule has 3 atom stereocenters. The molecule has 0 saturated heterocycles. The highest BCUT2D eigenvalue weighted by molar-refractivity contribution is 7.45. The van der Waals surface area contributed by atoms with E-state index in [0.29, 0.717) is 17.4 Å². The van der Waals surface area contributed by atoms with E-state index in [9.17, 15) is 19.4 Å². The third-order valence-electron chi connectivity index (χ3n) is 16.2. The molecule has 0 aliphatic carbocycles. The van der Waals surface area contributed by atoms with Gasteiger partial charge in [-0.1, -0.05) is 339 Å². The monoisotopic (exact) mass is 1300 g/mol. The highest BCUT2D eigenvalue weighted by Gasteiger charge is 2.23. The molecule has 92 heavy (non-hydrogen) atoms. The maximum atomic E-state index is 13.1. The standard InChI is InChI=1S/C83H143N2O6P/c1-6-8-10-12-14-16-18-20-22-24-26-28-30-32-34-36-38-39-40-41-42-43-44-45-47-49-51-53-55-57-59-61-63-65-67-69-71-73-75-77-83(87)84-81(80-91-92(88,89)90-79-78-85(3,4)5)82(86)76-74-72-70-68-66-64-62-60-58-56-54-52-50-48-46-37-35-33-31-29-27-25-23-21-19-17-15-13-11-9-7-2/h8,10,14,16,20,22,26,28,32,34,38-39,41-42,44-45,49,51,55,57-58,60,66,68,74,76,81-82,86H,6-7,9,11-13,15,17-19,21,23-25,27,29-31,33,35-37,40,43,46-48,50,52-54,56,59,61-65,67,69-73,75,77-80H2,1-5H3,(H-,84,87,88,89)/b10-8-,16-14-,22-20-,28-26-,34-32-,39-38-,42-41-,45-44-,51-49-,57-55-,60-58+,68-66+,76-74+. The number of phosphoric ester groups is 1. The molecule has 2 N–H and O–H groups in total. The zero-order valence-electron chi connectivity index (χ0n) is 60.2. The lowest BCUT2D eigenvalue weighted by Gasteiger charge is -2.29. The van der Waals surface area contributed by atoms with Crippen molar-refractivity contribution in [3.63, 3.8) is 0 Å². The van der Waals surface area contributed by atoms with Crippen molar-refractivity contribution in [2.45, 2.75) is 321 Å². The van der Waals surface area contributed by atoms with E-state index >= 15 is 0 Å². The molecule has 0 radical (unpaired) electrons. The first-order valence-corrected chi connectivity index (χ1v) is 39.3. The van der Waals surface area contributed by atoms with Gasteiger partial charge in [-0.05, 0) is 122 Å². The van der Waals surface area contributed by atoms with Crippen molar-refractivity contribution in [3.8, 4) is 0 Å². The Morgan fingerprint density at radius 2 is 0.674 bits per heavy atom. The summed E-state index contributed by atoms with van der Waals surface area (Å²) in [5.41, 5.74) is 0. The largest absolute Gasteiger partial charge is 0.756 e. The topological polar surface area (TPSA) is 108 Å². The molecule has 0 spiro atoms. The van der Waals surface area contributed by atoms with Crippen molar-refractivity contribution in [2.24, 2.45) is 0 Å². The lowest BCUT2D eigenvalue weighted by Crippen LogP contribution is -2.45. The number of hydrogen-bond acceptors (Lipinski definition) is 6. The van der Waals surface area contributed by atoms with E-state index in [1.165, 1.54) is 167 Å². The van der Waals surface area contributed by atoms with Gasteiger partial charge in [-0.15, -0.1) is 0 Å². The second-order valence-corrected chi connectivity index (χ2v) is 27.7. The van der Waals surface area contributed by atoms with Crippen LogP contribution in [0, 0.1) is 0 Å². The molecular weight excluding hydrogens is 1150 g/mol. The van der Waals surface area contributed by atoms with Gasteiger partial charge in [0.2, 0.25) is 5.91 Å². The number of hydrogen-bond donors (Lipinski definition) is 2. The maximum Gasteiger partial charge on any atom is 0.268 e. The van der Waals surface area contributed by atoms with Crippen LogP contribution in [-0.2, 0) is 18.4 Å². The number of aliphatic hydroxyl groups is 1. The minimum absolute atomic E-state index is 0.0185. The number of carbonyl (C=O) groups is 1. The second-order valence-electron chi connectivity index (χ2n) is 26.3. The third-order valence-corrected chi connectivity index (χ3v) is 17.2. The summed E-state index contributed by atoms with van der Waals surface area (Å²) in [5.74, 6) is -0.224. The summed E-state index contributed by atoms with van der Waals surface area (Å²) in [6.45, 7) is 4.51. The van der Waals surface area contributed by atoms with Crippen molar-refractivity contribution in [1.29, 1.82) is 0 Å². The fourth-order valence-electron chi connectivity index (χ4n) is 10.4. The summed E-state index contributed by atoms with van der Waals surface area (Å²) in [5, 5.41) is 13.9. The maximum absolute atomic E-state index is 13.1. The number of unbranched alkanes of at least 4 members (excludes halogenated alkanes) is 31. The quantitative estimate of drug-likeness (QED) is 0.0272.